The van der Waals surface area contributed by atoms with Gasteiger partial charge in [-0.2, -0.15) is 0 Å². The minimum Gasteiger partial charge on any atom is -0.440 e. The van der Waals surface area contributed by atoms with Gasteiger partial charge in [-0.3, -0.25) is 4.57 Å². The topological polar surface area (TPSA) is 36.3 Å². The molecule has 0 amide bonds. The van der Waals surface area contributed by atoms with Crippen molar-refractivity contribution in [3.8, 4) is 39.7 Å². The van der Waals surface area contributed by atoms with Crippen LogP contribution in [0.15, 0.2) is 170 Å². The van der Waals surface area contributed by atoms with Crippen LogP contribution in [0.5, 0.6) is 11.5 Å². The lowest BCUT2D eigenvalue weighted by Crippen LogP contribution is -2.36. The van der Waals surface area contributed by atoms with Crippen LogP contribution in [0.3, 0.4) is 0 Å². The fraction of sp³-hybridized carbons (Fsp3) is 0.0238. The lowest BCUT2D eigenvalue weighted by atomic mass is 9.97. The van der Waals surface area contributed by atoms with E-state index in [-0.39, 0.29) is 0 Å². The van der Waals surface area contributed by atoms with Gasteiger partial charge in [-0.15, -0.1) is 0 Å². The van der Waals surface area contributed by atoms with Crippen molar-refractivity contribution < 1.29 is 9.47 Å². The van der Waals surface area contributed by atoms with Crippen molar-refractivity contribution in [2.75, 3.05) is 0 Å². The summed E-state index contributed by atoms with van der Waals surface area (Å²) in [6.07, 6.45) is 0. The minimum atomic E-state index is -1.12. The van der Waals surface area contributed by atoms with Gasteiger partial charge in [-0.05, 0) is 41.5 Å². The molecule has 9 rings (SSSR count). The molecule has 3 heterocycles. The molecule has 0 bridgehead atoms. The van der Waals surface area contributed by atoms with Crippen LogP contribution in [0.2, 0.25) is 0 Å². The van der Waals surface area contributed by atoms with Gasteiger partial charge in [0, 0.05) is 22.1 Å². The maximum Gasteiger partial charge on any atom is 0.305 e. The number of nitrogens with zero attached hydrogens (tertiary/aromatic N) is 2. The van der Waals surface area contributed by atoms with E-state index in [1.54, 1.807) is 0 Å². The fourth-order valence-electron chi connectivity index (χ4n) is 6.66. The standard InChI is InChI=1S/C42H28N2O2/c1-5-15-29(16-6-1)31-27-35(30-17-7-2-8-18-30)43-39(28-31)44-36-24-14-13-23-34(36)40-37(44)25-26-38-41(40)46-42(45-38,32-19-9-3-10-20-32)33-21-11-4-12-22-33/h1-28H. The van der Waals surface area contributed by atoms with Crippen molar-refractivity contribution >= 4 is 21.8 Å². The first-order valence-electron chi connectivity index (χ1n) is 15.5. The molecule has 2 aromatic heterocycles. The molecule has 46 heavy (non-hydrogen) atoms. The van der Waals surface area contributed by atoms with Gasteiger partial charge in [0.05, 0.1) is 22.1 Å². The number of para-hydroxylation sites is 1. The summed E-state index contributed by atoms with van der Waals surface area (Å²) in [5.41, 5.74) is 8.12. The molecule has 8 aromatic rings. The largest absolute Gasteiger partial charge is 0.440 e. The normalized spacial score (nSPS) is 13.3. The van der Waals surface area contributed by atoms with E-state index in [0.29, 0.717) is 5.75 Å². The minimum absolute atomic E-state index is 0.707. The van der Waals surface area contributed by atoms with Gasteiger partial charge >= 0.3 is 5.79 Å². The quantitative estimate of drug-likeness (QED) is 0.200. The van der Waals surface area contributed by atoms with Gasteiger partial charge in [0.1, 0.15) is 5.82 Å². The average molecular weight is 593 g/mol. The van der Waals surface area contributed by atoms with Crippen LogP contribution in [0.1, 0.15) is 11.1 Å². The maximum atomic E-state index is 7.07. The Morgan fingerprint density at radius 2 is 1.07 bits per heavy atom. The summed E-state index contributed by atoms with van der Waals surface area (Å²) in [6, 6.07) is 58.1. The second kappa shape index (κ2) is 10.5. The molecular formula is C42H28N2O2. The number of ether oxygens (including phenoxy) is 2. The number of rotatable bonds is 5. The predicted octanol–water partition coefficient (Wildman–Crippen LogP) is 10.2. The Bertz CT molecular complexity index is 2250. The number of hydrogen-bond acceptors (Lipinski definition) is 3. The SMILES string of the molecule is c1ccc(-c2cc(-c3ccccc3)nc(-n3c4ccccc4c4c5c(ccc43)OC(c3ccccc3)(c3ccccc3)O5)c2)cc1. The molecule has 1 aliphatic heterocycles. The van der Waals surface area contributed by atoms with Crippen LogP contribution < -0.4 is 9.47 Å². The third kappa shape index (κ3) is 4.11. The summed E-state index contributed by atoms with van der Waals surface area (Å²) in [7, 11) is 0. The van der Waals surface area contributed by atoms with Gasteiger partial charge in [0.15, 0.2) is 11.5 Å². The van der Waals surface area contributed by atoms with Crippen molar-refractivity contribution in [1.82, 2.24) is 9.55 Å². The van der Waals surface area contributed by atoms with Crippen molar-refractivity contribution in [3.63, 3.8) is 0 Å². The Balaban J connectivity index is 1.30. The summed E-state index contributed by atoms with van der Waals surface area (Å²) in [5.74, 6) is 1.15. The summed E-state index contributed by atoms with van der Waals surface area (Å²) < 4.78 is 16.2. The van der Waals surface area contributed by atoms with E-state index < -0.39 is 5.79 Å². The highest BCUT2D eigenvalue weighted by Gasteiger charge is 2.46. The first kappa shape index (κ1) is 26.3. The molecule has 1 aliphatic rings. The van der Waals surface area contributed by atoms with Crippen LogP contribution >= 0.6 is 0 Å². The molecule has 0 saturated heterocycles. The smallest absolute Gasteiger partial charge is 0.305 e. The molecule has 0 N–H and O–H groups in total. The van der Waals surface area contributed by atoms with Crippen LogP contribution in [0.25, 0.3) is 50.0 Å². The molecule has 0 spiro atoms. The third-order valence-corrected chi connectivity index (χ3v) is 8.78. The molecule has 4 heteroatoms. The summed E-state index contributed by atoms with van der Waals surface area (Å²) in [6.45, 7) is 0. The van der Waals surface area contributed by atoms with E-state index in [1.807, 2.05) is 54.6 Å². The summed E-state index contributed by atoms with van der Waals surface area (Å²) in [5, 5.41) is 2.07. The predicted molar refractivity (Wildman–Crippen MR) is 184 cm³/mol. The van der Waals surface area contributed by atoms with Crippen molar-refractivity contribution in [2.45, 2.75) is 5.79 Å². The number of benzene rings is 6. The van der Waals surface area contributed by atoms with E-state index in [0.717, 1.165) is 66.9 Å². The van der Waals surface area contributed by atoms with Crippen molar-refractivity contribution in [3.05, 3.63) is 181 Å². The number of pyridine rings is 1. The Morgan fingerprint density at radius 3 is 1.74 bits per heavy atom. The van der Waals surface area contributed by atoms with Crippen LogP contribution in [0.4, 0.5) is 0 Å². The van der Waals surface area contributed by atoms with E-state index in [1.165, 1.54) is 0 Å². The molecule has 218 valence electrons. The highest BCUT2D eigenvalue weighted by Crippen LogP contribution is 2.53. The van der Waals surface area contributed by atoms with Gasteiger partial charge in [-0.25, -0.2) is 4.98 Å². The van der Waals surface area contributed by atoms with Crippen LogP contribution in [0, 0.1) is 0 Å². The second-order valence-corrected chi connectivity index (χ2v) is 11.5. The average Bonchev–Trinajstić information content (AvgIpc) is 3.70. The molecule has 6 aromatic carbocycles. The molecule has 0 saturated carbocycles. The Hall–Kier alpha value is -6.13. The zero-order valence-corrected chi connectivity index (χ0v) is 24.9. The van der Waals surface area contributed by atoms with Crippen molar-refractivity contribution in [2.24, 2.45) is 0 Å². The molecule has 0 atom stereocenters. The van der Waals surface area contributed by atoms with E-state index in [4.69, 9.17) is 14.5 Å². The number of aromatic nitrogens is 2. The first-order chi connectivity index (χ1) is 22.8. The Morgan fingerprint density at radius 1 is 0.478 bits per heavy atom. The first-order valence-corrected chi connectivity index (χ1v) is 15.5. The van der Waals surface area contributed by atoms with Crippen molar-refractivity contribution in [1.29, 1.82) is 0 Å². The Labute approximate surface area is 266 Å². The third-order valence-electron chi connectivity index (χ3n) is 8.78. The zero-order chi connectivity index (χ0) is 30.5. The second-order valence-electron chi connectivity index (χ2n) is 11.5. The summed E-state index contributed by atoms with van der Waals surface area (Å²) in [4.78, 5) is 5.28. The van der Waals surface area contributed by atoms with E-state index in [2.05, 4.69) is 120 Å². The Kier molecular flexibility index (Phi) is 6.00. The lowest BCUT2D eigenvalue weighted by Gasteiger charge is -2.28. The molecule has 4 nitrogen and oxygen atoms in total. The lowest BCUT2D eigenvalue weighted by molar-refractivity contribution is -0.0453. The fourth-order valence-corrected chi connectivity index (χ4v) is 6.66. The van der Waals surface area contributed by atoms with Crippen LogP contribution in [-0.2, 0) is 5.79 Å². The van der Waals surface area contributed by atoms with Gasteiger partial charge < -0.3 is 9.47 Å². The molecule has 0 unspecified atom stereocenters. The molecule has 0 aliphatic carbocycles. The number of hydrogen-bond donors (Lipinski definition) is 0. The molecular weight excluding hydrogens is 564 g/mol. The highest BCUT2D eigenvalue weighted by atomic mass is 16.7. The van der Waals surface area contributed by atoms with Gasteiger partial charge in [0.25, 0.3) is 0 Å². The highest BCUT2D eigenvalue weighted by molar-refractivity contribution is 6.13. The maximum absolute atomic E-state index is 7.07. The monoisotopic (exact) mass is 592 g/mol. The van der Waals surface area contributed by atoms with Gasteiger partial charge in [0.2, 0.25) is 0 Å². The molecule has 0 radical (unpaired) electrons. The molecule has 0 fully saturated rings. The summed E-state index contributed by atoms with van der Waals surface area (Å²) >= 11 is 0. The van der Waals surface area contributed by atoms with E-state index in [9.17, 15) is 0 Å². The zero-order valence-electron chi connectivity index (χ0n) is 24.9. The van der Waals surface area contributed by atoms with Gasteiger partial charge in [-0.1, -0.05) is 140 Å². The number of fused-ring (bicyclic) bond motifs is 5. The van der Waals surface area contributed by atoms with Crippen LogP contribution in [-0.4, -0.2) is 9.55 Å². The van der Waals surface area contributed by atoms with E-state index >= 15 is 0 Å².